The molecule has 1 amide bonds. The van der Waals surface area contributed by atoms with Gasteiger partial charge >= 0.3 is 0 Å². The van der Waals surface area contributed by atoms with E-state index in [1.54, 1.807) is 41.0 Å². The van der Waals surface area contributed by atoms with Crippen molar-refractivity contribution in [3.63, 3.8) is 0 Å². The largest absolute Gasteiger partial charge is 0.352 e. The Hall–Kier alpha value is -2.88. The summed E-state index contributed by atoms with van der Waals surface area (Å²) < 4.78 is 28.6. The lowest BCUT2D eigenvalue weighted by atomic mass is 10.00. The predicted molar refractivity (Wildman–Crippen MR) is 159 cm³/mol. The van der Waals surface area contributed by atoms with Crippen LogP contribution in [0.1, 0.15) is 69.2 Å². The zero-order valence-corrected chi connectivity index (χ0v) is 24.5. The van der Waals surface area contributed by atoms with Crippen LogP contribution in [-0.2, 0) is 10.0 Å². The molecule has 0 radical (unpaired) electrons. The Balaban J connectivity index is 1.41. The molecule has 0 aliphatic carbocycles. The third-order valence-corrected chi connectivity index (χ3v) is 10.4. The maximum atomic E-state index is 13.6. The van der Waals surface area contributed by atoms with Crippen LogP contribution in [0.25, 0.3) is 22.2 Å². The van der Waals surface area contributed by atoms with Gasteiger partial charge in [0, 0.05) is 55.6 Å². The van der Waals surface area contributed by atoms with Gasteiger partial charge in [-0.3, -0.25) is 9.78 Å². The van der Waals surface area contributed by atoms with Crippen LogP contribution in [0.15, 0.2) is 53.7 Å². The molecule has 2 aliphatic heterocycles. The number of rotatable bonds is 9. The van der Waals surface area contributed by atoms with Crippen molar-refractivity contribution in [1.82, 2.24) is 24.5 Å². The minimum absolute atomic E-state index is 0.204. The molecule has 2 aromatic heterocycles. The average molecular weight is 564 g/mol. The molecule has 0 saturated carbocycles. The highest BCUT2D eigenvalue weighted by molar-refractivity contribution is 7.89. The summed E-state index contributed by atoms with van der Waals surface area (Å²) in [5, 5.41) is 3.64. The fourth-order valence-electron chi connectivity index (χ4n) is 5.99. The van der Waals surface area contributed by atoms with Crippen molar-refractivity contribution in [3.05, 3.63) is 54.4 Å². The standard InChI is InChI=1S/C31H41N5O3S/c1-3-25-9-4-5-16-35(25)17-7-15-33-31(37)28-21-30(24-8-6-14-32-22-24)34-29-11-10-26(20-27(28)29)40(38,39)36-18-12-23(2)13-19-36/h6,8,10-11,14,20-23,25H,3-5,7,9,12-13,15-19H2,1-2H3,(H,33,37)/t25-/m0/s1. The zero-order valence-electron chi connectivity index (χ0n) is 23.7. The molecule has 0 unspecified atom stereocenters. The summed E-state index contributed by atoms with van der Waals surface area (Å²) in [6.45, 7) is 8.09. The SMILES string of the molecule is CC[C@H]1CCCCN1CCCNC(=O)c1cc(-c2cccnc2)nc2ccc(S(=O)(=O)N3CCC(C)CC3)cc12. The topological polar surface area (TPSA) is 95.5 Å². The molecular weight excluding hydrogens is 522 g/mol. The number of carbonyl (C=O) groups is 1. The zero-order chi connectivity index (χ0) is 28.1. The molecule has 40 heavy (non-hydrogen) atoms. The van der Waals surface area contributed by atoms with Crippen molar-refractivity contribution in [2.75, 3.05) is 32.7 Å². The number of benzene rings is 1. The van der Waals surface area contributed by atoms with E-state index in [1.807, 2.05) is 12.1 Å². The normalized spacial score (nSPS) is 19.6. The summed E-state index contributed by atoms with van der Waals surface area (Å²) in [6.07, 6.45) is 10.9. The molecule has 1 aromatic carbocycles. The number of carbonyl (C=O) groups excluding carboxylic acids is 1. The Kier molecular flexibility index (Phi) is 9.13. The average Bonchev–Trinajstić information content (AvgIpc) is 2.99. The van der Waals surface area contributed by atoms with Gasteiger partial charge in [-0.25, -0.2) is 13.4 Å². The molecule has 1 atom stereocenters. The van der Waals surface area contributed by atoms with Crippen LogP contribution in [0, 0.1) is 5.92 Å². The third-order valence-electron chi connectivity index (χ3n) is 8.49. The quantitative estimate of drug-likeness (QED) is 0.364. The second kappa shape index (κ2) is 12.7. The fourth-order valence-corrected chi connectivity index (χ4v) is 7.48. The number of piperidine rings is 2. The van der Waals surface area contributed by atoms with Crippen LogP contribution in [0.4, 0.5) is 0 Å². The van der Waals surface area contributed by atoms with Gasteiger partial charge in [-0.2, -0.15) is 4.31 Å². The fraction of sp³-hybridized carbons (Fsp3) is 0.516. The van der Waals surface area contributed by atoms with Gasteiger partial charge in [-0.05, 0) is 87.4 Å². The van der Waals surface area contributed by atoms with Gasteiger partial charge < -0.3 is 10.2 Å². The number of nitrogens with zero attached hydrogens (tertiary/aromatic N) is 4. The van der Waals surface area contributed by atoms with Gasteiger partial charge in [0.25, 0.3) is 5.91 Å². The lowest BCUT2D eigenvalue weighted by Gasteiger charge is -2.35. The molecule has 214 valence electrons. The smallest absolute Gasteiger partial charge is 0.252 e. The van der Waals surface area contributed by atoms with Crippen molar-refractivity contribution >= 4 is 26.8 Å². The molecule has 3 aromatic rings. The summed E-state index contributed by atoms with van der Waals surface area (Å²) in [5.74, 6) is 0.306. The van der Waals surface area contributed by atoms with Gasteiger partial charge in [-0.15, -0.1) is 0 Å². The van der Waals surface area contributed by atoms with E-state index in [-0.39, 0.29) is 10.8 Å². The second-order valence-corrected chi connectivity index (χ2v) is 13.2. The molecule has 4 heterocycles. The van der Waals surface area contributed by atoms with Crippen molar-refractivity contribution in [1.29, 1.82) is 0 Å². The number of sulfonamides is 1. The van der Waals surface area contributed by atoms with Gasteiger partial charge in [0.2, 0.25) is 10.0 Å². The van der Waals surface area contributed by atoms with Crippen molar-refractivity contribution in [2.45, 2.75) is 69.7 Å². The van der Waals surface area contributed by atoms with Gasteiger partial charge in [0.05, 0.1) is 21.7 Å². The maximum absolute atomic E-state index is 13.6. The molecule has 8 nitrogen and oxygen atoms in total. The Morgan fingerprint density at radius 1 is 1.07 bits per heavy atom. The van der Waals surface area contributed by atoms with Crippen LogP contribution in [0.2, 0.25) is 0 Å². The third kappa shape index (κ3) is 6.37. The van der Waals surface area contributed by atoms with E-state index in [0.717, 1.165) is 44.3 Å². The minimum Gasteiger partial charge on any atom is -0.352 e. The molecule has 5 rings (SSSR count). The van der Waals surface area contributed by atoms with Crippen molar-refractivity contribution < 1.29 is 13.2 Å². The van der Waals surface area contributed by atoms with E-state index in [1.165, 1.54) is 19.3 Å². The Bertz CT molecular complexity index is 1420. The number of nitrogens with one attached hydrogen (secondary N) is 1. The summed E-state index contributed by atoms with van der Waals surface area (Å²) in [5.41, 5.74) is 2.44. The number of hydrogen-bond acceptors (Lipinski definition) is 6. The van der Waals surface area contributed by atoms with Crippen LogP contribution in [0.3, 0.4) is 0 Å². The molecule has 0 bridgehead atoms. The lowest BCUT2D eigenvalue weighted by molar-refractivity contribution is 0.0949. The van der Waals surface area contributed by atoms with Crippen LogP contribution < -0.4 is 5.32 Å². The predicted octanol–water partition coefficient (Wildman–Crippen LogP) is 5.10. The number of aromatic nitrogens is 2. The van der Waals surface area contributed by atoms with Gasteiger partial charge in [0.1, 0.15) is 0 Å². The molecule has 1 N–H and O–H groups in total. The van der Waals surface area contributed by atoms with E-state index in [2.05, 4.69) is 29.0 Å². The van der Waals surface area contributed by atoms with E-state index in [0.29, 0.717) is 53.8 Å². The first kappa shape index (κ1) is 28.6. The Labute approximate surface area is 238 Å². The number of pyridine rings is 2. The molecule has 2 saturated heterocycles. The number of amides is 1. The summed E-state index contributed by atoms with van der Waals surface area (Å²) >= 11 is 0. The summed E-state index contributed by atoms with van der Waals surface area (Å²) in [6, 6.07) is 11.1. The highest BCUT2D eigenvalue weighted by Crippen LogP contribution is 2.29. The first-order valence-electron chi connectivity index (χ1n) is 14.7. The molecule has 2 fully saturated rings. The van der Waals surface area contributed by atoms with E-state index < -0.39 is 10.0 Å². The number of fused-ring (bicyclic) bond motifs is 1. The number of hydrogen-bond donors (Lipinski definition) is 1. The van der Waals surface area contributed by atoms with Crippen molar-refractivity contribution in [3.8, 4) is 11.3 Å². The lowest BCUT2D eigenvalue weighted by Crippen LogP contribution is -2.40. The first-order chi connectivity index (χ1) is 19.4. The van der Waals surface area contributed by atoms with Gasteiger partial charge in [-0.1, -0.05) is 20.3 Å². The molecular formula is C31H41N5O3S. The maximum Gasteiger partial charge on any atom is 0.252 e. The molecule has 9 heteroatoms. The van der Waals surface area contributed by atoms with Crippen LogP contribution in [0.5, 0.6) is 0 Å². The highest BCUT2D eigenvalue weighted by atomic mass is 32.2. The summed E-state index contributed by atoms with van der Waals surface area (Å²) in [4.78, 5) is 25.3. The monoisotopic (exact) mass is 563 g/mol. The first-order valence-corrected chi connectivity index (χ1v) is 16.2. The van der Waals surface area contributed by atoms with E-state index in [9.17, 15) is 13.2 Å². The van der Waals surface area contributed by atoms with E-state index in [4.69, 9.17) is 4.98 Å². The van der Waals surface area contributed by atoms with Gasteiger partial charge in [0.15, 0.2) is 0 Å². The van der Waals surface area contributed by atoms with Crippen molar-refractivity contribution in [2.24, 2.45) is 5.92 Å². The summed E-state index contributed by atoms with van der Waals surface area (Å²) in [7, 11) is -3.66. The van der Waals surface area contributed by atoms with E-state index >= 15 is 0 Å². The van der Waals surface area contributed by atoms with Crippen LogP contribution in [-0.4, -0.2) is 72.3 Å². The molecule has 0 spiro atoms. The van der Waals surface area contributed by atoms with Crippen LogP contribution >= 0.6 is 0 Å². The second-order valence-electron chi connectivity index (χ2n) is 11.3. The minimum atomic E-state index is -3.66. The number of likely N-dealkylation sites (tertiary alicyclic amines) is 1. The highest BCUT2D eigenvalue weighted by Gasteiger charge is 2.29. The Morgan fingerprint density at radius 2 is 1.90 bits per heavy atom. The molecule has 2 aliphatic rings. The Morgan fingerprint density at radius 3 is 2.65 bits per heavy atom.